The normalized spacial score (nSPS) is 20.7. The molecule has 1 saturated carbocycles. The van der Waals surface area contributed by atoms with Crippen molar-refractivity contribution in [2.45, 2.75) is 77.8 Å². The van der Waals surface area contributed by atoms with Crippen molar-refractivity contribution < 1.29 is 9.59 Å². The number of imidazole rings is 2. The summed E-state index contributed by atoms with van der Waals surface area (Å²) in [5.41, 5.74) is 6.99. The summed E-state index contributed by atoms with van der Waals surface area (Å²) in [6, 6.07) is 16.3. The summed E-state index contributed by atoms with van der Waals surface area (Å²) in [5, 5.41) is 4.09. The van der Waals surface area contributed by atoms with E-state index < -0.39 is 0 Å². The SMILES string of the molecule is CC(C)[C@H](C)C(=O)N1CC2(CC2)C[C@H]1c1nc2ccc(C#Cc3ccc(-c4cnc([C@@H]5CCCN5C(=O)[C@H](C)c5ccsc5)[nH]4)cc3)cc2[nH]1. The van der Waals surface area contributed by atoms with E-state index in [2.05, 4.69) is 71.1 Å². The minimum absolute atomic E-state index is 0.00253. The Hall–Kier alpha value is -4.68. The van der Waals surface area contributed by atoms with Gasteiger partial charge in [-0.3, -0.25) is 9.59 Å². The van der Waals surface area contributed by atoms with Gasteiger partial charge in [0.1, 0.15) is 11.6 Å². The number of hydrogen-bond donors (Lipinski definition) is 2. The number of thiophene rings is 1. The maximum absolute atomic E-state index is 13.5. The van der Waals surface area contributed by atoms with Gasteiger partial charge in [0.2, 0.25) is 11.8 Å². The van der Waals surface area contributed by atoms with Crippen LogP contribution in [0.4, 0.5) is 0 Å². The fraction of sp³-hybridized carbons (Fsp3) is 0.415. The molecular weight excluding hydrogens is 641 g/mol. The van der Waals surface area contributed by atoms with Gasteiger partial charge in [-0.05, 0) is 109 Å². The van der Waals surface area contributed by atoms with Crippen LogP contribution < -0.4 is 0 Å². The topological polar surface area (TPSA) is 98.0 Å². The number of H-pyrrole nitrogens is 2. The summed E-state index contributed by atoms with van der Waals surface area (Å²) < 4.78 is 0. The third-order valence-electron chi connectivity index (χ3n) is 11.4. The Morgan fingerprint density at radius 2 is 1.70 bits per heavy atom. The number of benzene rings is 2. The summed E-state index contributed by atoms with van der Waals surface area (Å²) >= 11 is 1.63. The molecule has 5 aromatic rings. The first-order chi connectivity index (χ1) is 24.2. The van der Waals surface area contributed by atoms with Gasteiger partial charge >= 0.3 is 0 Å². The lowest BCUT2D eigenvalue weighted by atomic mass is 9.96. The molecule has 2 aromatic carbocycles. The number of aromatic amines is 2. The second-order valence-corrected chi connectivity index (χ2v) is 15.8. The lowest BCUT2D eigenvalue weighted by Crippen LogP contribution is -2.37. The predicted molar refractivity (Wildman–Crippen MR) is 197 cm³/mol. The number of carbonyl (C=O) groups is 2. The van der Waals surface area contributed by atoms with Gasteiger partial charge in [0, 0.05) is 30.1 Å². The van der Waals surface area contributed by atoms with Gasteiger partial charge in [0.05, 0.1) is 40.9 Å². The Kier molecular flexibility index (Phi) is 8.39. The molecule has 3 fully saturated rings. The smallest absolute Gasteiger partial charge is 0.230 e. The van der Waals surface area contributed by atoms with E-state index in [4.69, 9.17) is 9.97 Å². The van der Waals surface area contributed by atoms with Crippen LogP contribution in [0, 0.1) is 29.1 Å². The fourth-order valence-corrected chi connectivity index (χ4v) is 8.39. The summed E-state index contributed by atoms with van der Waals surface area (Å²) in [6.45, 7) is 9.89. The molecule has 2 amide bonds. The van der Waals surface area contributed by atoms with Crippen LogP contribution in [-0.4, -0.2) is 54.6 Å². The molecule has 0 bridgehead atoms. The second-order valence-electron chi connectivity index (χ2n) is 15.1. The van der Waals surface area contributed by atoms with Crippen LogP contribution in [0.1, 0.15) is 106 Å². The maximum Gasteiger partial charge on any atom is 0.230 e. The van der Waals surface area contributed by atoms with Crippen molar-refractivity contribution in [3.8, 4) is 23.1 Å². The van der Waals surface area contributed by atoms with Crippen molar-refractivity contribution >= 4 is 34.2 Å². The number of carbonyl (C=O) groups excluding carboxylic acids is 2. The molecule has 2 N–H and O–H groups in total. The van der Waals surface area contributed by atoms with Crippen molar-refractivity contribution in [1.29, 1.82) is 0 Å². The molecule has 1 spiro atoms. The minimum atomic E-state index is -0.156. The average Bonchev–Trinajstić information content (AvgIpc) is 3.79. The number of fused-ring (bicyclic) bond motifs is 1. The molecule has 2 saturated heterocycles. The van der Waals surface area contributed by atoms with Crippen LogP contribution in [0.25, 0.3) is 22.3 Å². The summed E-state index contributed by atoms with van der Waals surface area (Å²) in [6.07, 6.45) is 7.13. The molecule has 1 aliphatic carbocycles. The largest absolute Gasteiger partial charge is 0.340 e. The highest BCUT2D eigenvalue weighted by Gasteiger charge is 2.54. The molecule has 4 atom stereocenters. The average molecular weight is 685 g/mol. The predicted octanol–water partition coefficient (Wildman–Crippen LogP) is 8.23. The van der Waals surface area contributed by atoms with Gasteiger partial charge in [0.15, 0.2) is 0 Å². The highest BCUT2D eigenvalue weighted by Crippen LogP contribution is 2.58. The zero-order valence-electron chi connectivity index (χ0n) is 29.2. The monoisotopic (exact) mass is 684 g/mol. The van der Waals surface area contributed by atoms with Gasteiger partial charge in [-0.25, -0.2) is 9.97 Å². The van der Waals surface area contributed by atoms with Crippen molar-refractivity contribution in [2.75, 3.05) is 13.1 Å². The Labute approximate surface area is 297 Å². The highest BCUT2D eigenvalue weighted by molar-refractivity contribution is 7.08. The number of rotatable bonds is 7. The first-order valence-corrected chi connectivity index (χ1v) is 18.9. The lowest BCUT2D eigenvalue weighted by Gasteiger charge is -2.28. The molecular formula is C41H44N6O2S. The van der Waals surface area contributed by atoms with E-state index in [9.17, 15) is 9.59 Å². The Bertz CT molecular complexity index is 2100. The van der Waals surface area contributed by atoms with Crippen LogP contribution >= 0.6 is 11.3 Å². The molecule has 8 rings (SSSR count). The first kappa shape index (κ1) is 32.5. The zero-order valence-corrected chi connectivity index (χ0v) is 30.0. The summed E-state index contributed by atoms with van der Waals surface area (Å²) in [5.74, 6) is 8.92. The molecule has 0 radical (unpaired) electrons. The van der Waals surface area contributed by atoms with Crippen molar-refractivity contribution in [3.63, 3.8) is 0 Å². The molecule has 2 aliphatic heterocycles. The molecule has 0 unspecified atom stereocenters. The van der Waals surface area contributed by atoms with Gasteiger partial charge in [-0.1, -0.05) is 44.7 Å². The quantitative estimate of drug-likeness (QED) is 0.169. The third-order valence-corrected chi connectivity index (χ3v) is 12.1. The first-order valence-electron chi connectivity index (χ1n) is 18.0. The van der Waals surface area contributed by atoms with Crippen LogP contribution in [0.5, 0.6) is 0 Å². The number of nitrogens with one attached hydrogen (secondary N) is 2. The molecule has 8 nitrogen and oxygen atoms in total. The van der Waals surface area contributed by atoms with Crippen LogP contribution in [0.3, 0.4) is 0 Å². The number of amides is 2. The van der Waals surface area contributed by atoms with Crippen molar-refractivity contribution in [1.82, 2.24) is 29.7 Å². The Morgan fingerprint density at radius 1 is 0.920 bits per heavy atom. The fourth-order valence-electron chi connectivity index (χ4n) is 7.64. The van der Waals surface area contributed by atoms with Crippen LogP contribution in [0.15, 0.2) is 65.5 Å². The van der Waals surface area contributed by atoms with Gasteiger partial charge in [-0.2, -0.15) is 11.3 Å². The minimum Gasteiger partial charge on any atom is -0.340 e. The van der Waals surface area contributed by atoms with E-state index in [1.807, 2.05) is 53.7 Å². The Balaban J connectivity index is 0.951. The number of aromatic nitrogens is 4. The maximum atomic E-state index is 13.5. The van der Waals surface area contributed by atoms with Gasteiger partial charge in [-0.15, -0.1) is 0 Å². The lowest BCUT2D eigenvalue weighted by molar-refractivity contribution is -0.137. The number of likely N-dealkylation sites (tertiary alicyclic amines) is 2. The van der Waals surface area contributed by atoms with Crippen LogP contribution in [-0.2, 0) is 9.59 Å². The molecule has 256 valence electrons. The van der Waals surface area contributed by atoms with E-state index in [-0.39, 0.29) is 41.1 Å². The molecule has 9 heteroatoms. The molecule has 3 aliphatic rings. The summed E-state index contributed by atoms with van der Waals surface area (Å²) in [7, 11) is 0. The van der Waals surface area contributed by atoms with Crippen molar-refractivity contribution in [2.24, 2.45) is 17.3 Å². The third kappa shape index (κ3) is 6.15. The van der Waals surface area contributed by atoms with E-state index in [1.165, 1.54) is 12.8 Å². The molecule has 3 aromatic heterocycles. The standard InChI is InChI=1S/C41H44N6O2S/c1-25(2)26(3)39(48)47-24-41(16-17-41)21-36(47)38-43-32-14-11-29(20-33(32)44-38)8-7-28-9-12-30(13-10-28)34-22-42-37(45-34)35-6-5-18-46(35)40(49)27(4)31-15-19-50-23-31/h9-15,19-20,22-23,25-27,35-36H,5-6,16-18,21,24H2,1-4H3,(H,42,45)(H,43,44)/t26-,27+,35-,36-/m0/s1. The molecule has 50 heavy (non-hydrogen) atoms. The van der Waals surface area contributed by atoms with E-state index in [0.29, 0.717) is 5.92 Å². The zero-order chi connectivity index (χ0) is 34.6. The number of hydrogen-bond acceptors (Lipinski definition) is 5. The van der Waals surface area contributed by atoms with Gasteiger partial charge in [0.25, 0.3) is 0 Å². The van der Waals surface area contributed by atoms with E-state index >= 15 is 0 Å². The van der Waals surface area contributed by atoms with E-state index in [1.54, 1.807) is 11.3 Å². The Morgan fingerprint density at radius 3 is 2.44 bits per heavy atom. The van der Waals surface area contributed by atoms with Gasteiger partial charge < -0.3 is 19.8 Å². The van der Waals surface area contributed by atoms with E-state index in [0.717, 1.165) is 83.0 Å². The number of nitrogens with zero attached hydrogens (tertiary/aromatic N) is 4. The van der Waals surface area contributed by atoms with Crippen molar-refractivity contribution in [3.05, 3.63) is 93.8 Å². The summed E-state index contributed by atoms with van der Waals surface area (Å²) in [4.78, 5) is 47.7. The highest BCUT2D eigenvalue weighted by atomic mass is 32.1. The molecule has 5 heterocycles. The van der Waals surface area contributed by atoms with Crippen LogP contribution in [0.2, 0.25) is 0 Å². The second kappa shape index (κ2) is 12.9.